The third-order valence-corrected chi connectivity index (χ3v) is 6.37. The molecule has 3 nitrogen and oxygen atoms in total. The van der Waals surface area contributed by atoms with Crippen molar-refractivity contribution >= 4 is 45.7 Å². The second kappa shape index (κ2) is 5.81. The van der Waals surface area contributed by atoms with Crippen molar-refractivity contribution in [2.24, 2.45) is 0 Å². The smallest absolute Gasteiger partial charge is 0.399 e. The number of fused-ring (bicyclic) bond motifs is 1. The zero-order valence-corrected chi connectivity index (χ0v) is 16.2. The number of hydrogen-bond acceptors (Lipinski definition) is 4. The number of benzene rings is 2. The minimum absolute atomic E-state index is 0.366. The summed E-state index contributed by atoms with van der Waals surface area (Å²) in [6.07, 6.45) is 0. The number of halogens is 1. The molecule has 0 atom stereocenters. The first-order valence-corrected chi connectivity index (χ1v) is 9.47. The van der Waals surface area contributed by atoms with Crippen LogP contribution in [0.3, 0.4) is 0 Å². The summed E-state index contributed by atoms with van der Waals surface area (Å²) in [6, 6.07) is 13.9. The van der Waals surface area contributed by atoms with Gasteiger partial charge < -0.3 is 9.31 Å². The Bertz CT molecular complexity index is 920. The molecule has 0 amide bonds. The average Bonchev–Trinajstić information content (AvgIpc) is 3.06. The number of nitrogens with zero attached hydrogens (tertiary/aromatic N) is 1. The standard InChI is InChI=1S/C19H19BClNO2S/c1-18(2)19(3,4)24-20(23-18)14-6-5-7-15-16(14)22-17(25-15)12-8-10-13(21)11-9-12/h5-11H,1-4H3. The van der Waals surface area contributed by atoms with Gasteiger partial charge in [-0.05, 0) is 45.9 Å². The number of aromatic nitrogens is 1. The molecule has 3 aromatic rings. The molecule has 1 saturated heterocycles. The van der Waals surface area contributed by atoms with E-state index in [0.717, 1.165) is 31.3 Å². The average molecular weight is 372 g/mol. The first-order chi connectivity index (χ1) is 11.8. The van der Waals surface area contributed by atoms with Crippen LogP contribution in [0.4, 0.5) is 0 Å². The minimum atomic E-state index is -0.408. The van der Waals surface area contributed by atoms with Gasteiger partial charge in [0.1, 0.15) is 5.01 Å². The molecule has 128 valence electrons. The van der Waals surface area contributed by atoms with Crippen molar-refractivity contribution in [3.05, 3.63) is 47.5 Å². The third kappa shape index (κ3) is 2.89. The summed E-state index contributed by atoms with van der Waals surface area (Å²) in [5.74, 6) is 0. The molecule has 0 radical (unpaired) electrons. The molecule has 4 rings (SSSR count). The molecule has 1 aliphatic heterocycles. The lowest BCUT2D eigenvalue weighted by Crippen LogP contribution is -2.41. The Hall–Kier alpha value is -1.40. The quantitative estimate of drug-likeness (QED) is 0.599. The Labute approximate surface area is 157 Å². The van der Waals surface area contributed by atoms with E-state index < -0.39 is 7.12 Å². The van der Waals surface area contributed by atoms with Crippen LogP contribution < -0.4 is 5.46 Å². The first kappa shape index (κ1) is 17.0. The van der Waals surface area contributed by atoms with Gasteiger partial charge in [0.25, 0.3) is 0 Å². The topological polar surface area (TPSA) is 31.4 Å². The van der Waals surface area contributed by atoms with Gasteiger partial charge in [0.2, 0.25) is 0 Å². The first-order valence-electron chi connectivity index (χ1n) is 8.28. The molecule has 2 aromatic carbocycles. The third-order valence-electron chi connectivity index (χ3n) is 5.05. The highest BCUT2D eigenvalue weighted by atomic mass is 35.5. The van der Waals surface area contributed by atoms with Gasteiger partial charge in [-0.3, -0.25) is 0 Å². The lowest BCUT2D eigenvalue weighted by molar-refractivity contribution is 0.00578. The van der Waals surface area contributed by atoms with Crippen LogP contribution in [0.25, 0.3) is 20.8 Å². The lowest BCUT2D eigenvalue weighted by atomic mass is 9.78. The Kier molecular flexibility index (Phi) is 3.96. The van der Waals surface area contributed by atoms with E-state index in [2.05, 4.69) is 33.8 Å². The molecule has 6 heteroatoms. The number of hydrogen-bond donors (Lipinski definition) is 0. The second-order valence-electron chi connectivity index (χ2n) is 7.31. The predicted molar refractivity (Wildman–Crippen MR) is 106 cm³/mol. The van der Waals surface area contributed by atoms with Crippen molar-refractivity contribution in [3.8, 4) is 10.6 Å². The highest BCUT2D eigenvalue weighted by molar-refractivity contribution is 7.21. The van der Waals surface area contributed by atoms with Gasteiger partial charge in [-0.1, -0.05) is 35.9 Å². The van der Waals surface area contributed by atoms with E-state index >= 15 is 0 Å². The fourth-order valence-electron chi connectivity index (χ4n) is 2.85. The highest BCUT2D eigenvalue weighted by Crippen LogP contribution is 2.37. The van der Waals surface area contributed by atoms with Crippen molar-refractivity contribution in [3.63, 3.8) is 0 Å². The summed E-state index contributed by atoms with van der Waals surface area (Å²) >= 11 is 7.66. The van der Waals surface area contributed by atoms with Crippen LogP contribution in [-0.2, 0) is 9.31 Å². The molecule has 2 heterocycles. The van der Waals surface area contributed by atoms with Gasteiger partial charge in [-0.25, -0.2) is 4.98 Å². The lowest BCUT2D eigenvalue weighted by Gasteiger charge is -2.32. The maximum absolute atomic E-state index is 6.21. The summed E-state index contributed by atoms with van der Waals surface area (Å²) < 4.78 is 13.6. The monoisotopic (exact) mass is 371 g/mol. The number of thiazole rings is 1. The molecule has 1 fully saturated rings. The van der Waals surface area contributed by atoms with E-state index in [4.69, 9.17) is 25.9 Å². The Balaban J connectivity index is 1.78. The maximum atomic E-state index is 6.21. The normalized spacial score (nSPS) is 18.8. The van der Waals surface area contributed by atoms with Crippen molar-refractivity contribution in [1.82, 2.24) is 4.98 Å². The van der Waals surface area contributed by atoms with Crippen molar-refractivity contribution in [1.29, 1.82) is 0 Å². The van der Waals surface area contributed by atoms with E-state index in [0.29, 0.717) is 0 Å². The van der Waals surface area contributed by atoms with Crippen LogP contribution >= 0.6 is 22.9 Å². The molecular weight excluding hydrogens is 353 g/mol. The Morgan fingerprint density at radius 3 is 2.24 bits per heavy atom. The fraction of sp³-hybridized carbons (Fsp3) is 0.316. The van der Waals surface area contributed by atoms with Crippen LogP contribution in [0.15, 0.2) is 42.5 Å². The van der Waals surface area contributed by atoms with Gasteiger partial charge in [-0.2, -0.15) is 0 Å². The van der Waals surface area contributed by atoms with Crippen LogP contribution in [-0.4, -0.2) is 23.3 Å². The molecule has 0 saturated carbocycles. The fourth-order valence-corrected chi connectivity index (χ4v) is 3.98. The zero-order valence-electron chi connectivity index (χ0n) is 14.7. The predicted octanol–water partition coefficient (Wildman–Crippen LogP) is 4.92. The summed E-state index contributed by atoms with van der Waals surface area (Å²) in [5, 5.41) is 1.69. The molecule has 0 bridgehead atoms. The van der Waals surface area contributed by atoms with Crippen molar-refractivity contribution in [2.45, 2.75) is 38.9 Å². The van der Waals surface area contributed by atoms with Crippen LogP contribution in [0.2, 0.25) is 5.02 Å². The zero-order chi connectivity index (χ0) is 17.8. The van der Waals surface area contributed by atoms with E-state index in [9.17, 15) is 0 Å². The molecule has 0 spiro atoms. The summed E-state index contributed by atoms with van der Waals surface area (Å²) in [5.41, 5.74) is 2.25. The largest absolute Gasteiger partial charge is 0.497 e. The van der Waals surface area contributed by atoms with E-state index in [1.54, 1.807) is 11.3 Å². The maximum Gasteiger partial charge on any atom is 0.497 e. The van der Waals surface area contributed by atoms with Gasteiger partial charge in [-0.15, -0.1) is 11.3 Å². The van der Waals surface area contributed by atoms with Gasteiger partial charge in [0.15, 0.2) is 0 Å². The van der Waals surface area contributed by atoms with Gasteiger partial charge in [0, 0.05) is 16.0 Å². The second-order valence-corrected chi connectivity index (χ2v) is 8.78. The van der Waals surface area contributed by atoms with E-state index in [1.807, 2.05) is 36.4 Å². The molecule has 1 aromatic heterocycles. The minimum Gasteiger partial charge on any atom is -0.399 e. The van der Waals surface area contributed by atoms with Crippen molar-refractivity contribution in [2.75, 3.05) is 0 Å². The molecule has 0 aliphatic carbocycles. The molecule has 25 heavy (non-hydrogen) atoms. The molecular formula is C19H19BClNO2S. The van der Waals surface area contributed by atoms with Crippen molar-refractivity contribution < 1.29 is 9.31 Å². The molecule has 0 unspecified atom stereocenters. The summed E-state index contributed by atoms with van der Waals surface area (Å²) in [7, 11) is -0.408. The van der Waals surface area contributed by atoms with E-state index in [-0.39, 0.29) is 11.2 Å². The van der Waals surface area contributed by atoms with Gasteiger partial charge >= 0.3 is 7.12 Å². The summed E-state index contributed by atoms with van der Waals surface area (Å²) in [4.78, 5) is 4.87. The van der Waals surface area contributed by atoms with Crippen LogP contribution in [0.1, 0.15) is 27.7 Å². The van der Waals surface area contributed by atoms with Gasteiger partial charge in [0.05, 0.1) is 21.4 Å². The van der Waals surface area contributed by atoms with E-state index in [1.165, 1.54) is 0 Å². The summed E-state index contributed by atoms with van der Waals surface area (Å²) in [6.45, 7) is 8.25. The highest BCUT2D eigenvalue weighted by Gasteiger charge is 2.52. The molecule has 0 N–H and O–H groups in total. The molecule has 1 aliphatic rings. The van der Waals surface area contributed by atoms with Crippen LogP contribution in [0.5, 0.6) is 0 Å². The number of para-hydroxylation sites is 1. The SMILES string of the molecule is CC1(C)OB(c2cccc3sc(-c4ccc(Cl)cc4)nc23)OC1(C)C. The Morgan fingerprint density at radius 2 is 1.60 bits per heavy atom. The van der Waals surface area contributed by atoms with Crippen LogP contribution in [0, 0.1) is 0 Å². The Morgan fingerprint density at radius 1 is 0.960 bits per heavy atom. The number of rotatable bonds is 2.